The maximum absolute atomic E-state index is 14.3. The zero-order valence-corrected chi connectivity index (χ0v) is 21.0. The van der Waals surface area contributed by atoms with E-state index in [0.29, 0.717) is 31.5 Å². The highest BCUT2D eigenvalue weighted by molar-refractivity contribution is 5.66. The van der Waals surface area contributed by atoms with Gasteiger partial charge in [-0.2, -0.15) is 13.2 Å². The molecule has 3 N–H and O–H groups in total. The van der Waals surface area contributed by atoms with E-state index in [1.165, 1.54) is 12.3 Å². The summed E-state index contributed by atoms with van der Waals surface area (Å²) < 4.78 is 58.6. The van der Waals surface area contributed by atoms with Crippen molar-refractivity contribution in [1.82, 2.24) is 10.3 Å². The van der Waals surface area contributed by atoms with E-state index in [0.717, 1.165) is 42.6 Å². The van der Waals surface area contributed by atoms with E-state index < -0.39 is 23.5 Å². The first kappa shape index (κ1) is 28.9. The lowest BCUT2D eigenvalue weighted by Gasteiger charge is -2.20. The molecule has 0 aliphatic heterocycles. The number of benzene rings is 2. The van der Waals surface area contributed by atoms with E-state index in [-0.39, 0.29) is 23.7 Å². The van der Waals surface area contributed by atoms with Crippen molar-refractivity contribution in [3.63, 3.8) is 0 Å². The minimum absolute atomic E-state index is 0.0153. The van der Waals surface area contributed by atoms with Gasteiger partial charge in [0.05, 0.1) is 29.9 Å². The molecule has 3 rings (SSSR count). The number of nitrogens with one attached hydrogen (secondary N) is 2. The molecule has 6 nitrogen and oxygen atoms in total. The molecule has 0 aliphatic rings. The second kappa shape index (κ2) is 13.8. The number of carboxylic acid groups (broad SMARTS) is 1. The van der Waals surface area contributed by atoms with Crippen molar-refractivity contribution in [3.05, 3.63) is 77.7 Å². The minimum Gasteiger partial charge on any atom is -0.490 e. The molecule has 0 aliphatic carbocycles. The zero-order chi connectivity index (χ0) is 27.5. The predicted molar refractivity (Wildman–Crippen MR) is 137 cm³/mol. The van der Waals surface area contributed by atoms with Gasteiger partial charge in [-0.25, -0.2) is 4.39 Å². The van der Waals surface area contributed by atoms with Crippen molar-refractivity contribution < 1.29 is 32.2 Å². The Morgan fingerprint density at radius 3 is 2.47 bits per heavy atom. The number of hydrogen-bond donors (Lipinski definition) is 3. The minimum atomic E-state index is -4.62. The number of anilines is 1. The van der Waals surface area contributed by atoms with Crippen molar-refractivity contribution in [2.75, 3.05) is 18.5 Å². The summed E-state index contributed by atoms with van der Waals surface area (Å²) in [5, 5.41) is 15.3. The highest BCUT2D eigenvalue weighted by atomic mass is 19.4. The van der Waals surface area contributed by atoms with Crippen LogP contribution in [-0.2, 0) is 17.5 Å². The van der Waals surface area contributed by atoms with Crippen molar-refractivity contribution in [3.8, 4) is 17.0 Å². The Morgan fingerprint density at radius 2 is 1.87 bits per heavy atom. The maximum Gasteiger partial charge on any atom is 0.416 e. The first-order valence-corrected chi connectivity index (χ1v) is 12.4. The monoisotopic (exact) mass is 533 g/mol. The summed E-state index contributed by atoms with van der Waals surface area (Å²) in [4.78, 5) is 14.8. The van der Waals surface area contributed by atoms with E-state index in [1.807, 2.05) is 24.3 Å². The van der Waals surface area contributed by atoms with Crippen molar-refractivity contribution in [2.24, 2.45) is 0 Å². The van der Waals surface area contributed by atoms with Gasteiger partial charge in [-0.3, -0.25) is 9.78 Å². The predicted octanol–water partition coefficient (Wildman–Crippen LogP) is 6.52. The van der Waals surface area contributed by atoms with Crippen LogP contribution in [0.3, 0.4) is 0 Å². The van der Waals surface area contributed by atoms with E-state index in [4.69, 9.17) is 9.84 Å². The third-order valence-corrected chi connectivity index (χ3v) is 5.84. The maximum atomic E-state index is 14.3. The number of carboxylic acids is 1. The van der Waals surface area contributed by atoms with Crippen LogP contribution in [0.4, 0.5) is 23.2 Å². The van der Waals surface area contributed by atoms with Crippen LogP contribution in [0.15, 0.2) is 60.8 Å². The molecule has 204 valence electrons. The lowest BCUT2D eigenvalue weighted by Crippen LogP contribution is -2.27. The molecule has 1 heterocycles. The number of unbranched alkanes of at least 4 members (excludes halogenated alkanes) is 1. The first-order chi connectivity index (χ1) is 18.2. The molecule has 10 heteroatoms. The van der Waals surface area contributed by atoms with Crippen LogP contribution in [0.25, 0.3) is 11.3 Å². The average Bonchev–Trinajstić information content (AvgIpc) is 2.89. The van der Waals surface area contributed by atoms with Gasteiger partial charge in [-0.1, -0.05) is 31.9 Å². The molecule has 0 fully saturated rings. The third kappa shape index (κ3) is 9.02. The fourth-order valence-corrected chi connectivity index (χ4v) is 3.75. The summed E-state index contributed by atoms with van der Waals surface area (Å²) in [5.74, 6) is -1.36. The molecular formula is C28H31F4N3O3. The summed E-state index contributed by atoms with van der Waals surface area (Å²) in [7, 11) is 0. The number of ether oxygens (including phenoxy) is 1. The van der Waals surface area contributed by atoms with Crippen LogP contribution in [0, 0.1) is 5.82 Å². The van der Waals surface area contributed by atoms with Crippen LogP contribution in [0.2, 0.25) is 0 Å². The first-order valence-electron chi connectivity index (χ1n) is 12.4. The van der Waals surface area contributed by atoms with E-state index in [2.05, 4.69) is 22.5 Å². The summed E-state index contributed by atoms with van der Waals surface area (Å²) in [6.07, 6.45) is -0.226. The van der Waals surface area contributed by atoms with Crippen molar-refractivity contribution in [2.45, 2.75) is 51.4 Å². The number of rotatable bonds is 14. The molecule has 1 atom stereocenters. The van der Waals surface area contributed by atoms with Gasteiger partial charge in [0.2, 0.25) is 0 Å². The molecule has 2 aromatic carbocycles. The Kier molecular flexibility index (Phi) is 10.5. The highest BCUT2D eigenvalue weighted by Gasteiger charge is 2.31. The number of nitrogens with zero attached hydrogens (tertiary/aromatic N) is 1. The van der Waals surface area contributed by atoms with Gasteiger partial charge in [0, 0.05) is 24.3 Å². The molecule has 3 aromatic rings. The van der Waals surface area contributed by atoms with Gasteiger partial charge in [-0.05, 0) is 54.4 Å². The van der Waals surface area contributed by atoms with Gasteiger partial charge in [0.1, 0.15) is 18.2 Å². The van der Waals surface area contributed by atoms with E-state index in [9.17, 15) is 22.4 Å². The molecule has 0 unspecified atom stereocenters. The number of halogens is 4. The number of aromatic nitrogens is 1. The Labute approximate surface area is 219 Å². The molecule has 0 amide bonds. The molecule has 0 radical (unpaired) electrons. The van der Waals surface area contributed by atoms with Crippen LogP contribution in [0.1, 0.15) is 43.7 Å². The second-order valence-electron chi connectivity index (χ2n) is 8.88. The Hall–Kier alpha value is -3.66. The molecule has 0 saturated heterocycles. The van der Waals surface area contributed by atoms with Crippen LogP contribution >= 0.6 is 0 Å². The summed E-state index contributed by atoms with van der Waals surface area (Å²) >= 11 is 0. The Balaban J connectivity index is 1.57. The largest absolute Gasteiger partial charge is 0.490 e. The summed E-state index contributed by atoms with van der Waals surface area (Å²) in [6.45, 7) is 3.44. The SMILES string of the molecule is CCCC[C@@H](COc1ccc(-c2ccc(C(F)(F)F)cc2F)nc1)Nc1ccc(CNCCC(=O)O)cc1. The van der Waals surface area contributed by atoms with E-state index >= 15 is 0 Å². The van der Waals surface area contributed by atoms with Crippen LogP contribution in [0.5, 0.6) is 5.75 Å². The molecular weight excluding hydrogens is 502 g/mol. The Morgan fingerprint density at radius 1 is 1.11 bits per heavy atom. The quantitative estimate of drug-likeness (QED) is 0.162. The van der Waals surface area contributed by atoms with Gasteiger partial charge in [0.25, 0.3) is 0 Å². The van der Waals surface area contributed by atoms with Gasteiger partial charge in [0.15, 0.2) is 0 Å². The molecule has 0 spiro atoms. The fraction of sp³-hybridized carbons (Fsp3) is 0.357. The second-order valence-corrected chi connectivity index (χ2v) is 8.88. The topological polar surface area (TPSA) is 83.5 Å². The molecule has 38 heavy (non-hydrogen) atoms. The number of alkyl halides is 3. The fourth-order valence-electron chi connectivity index (χ4n) is 3.75. The number of carbonyl (C=O) groups is 1. The van der Waals surface area contributed by atoms with Crippen molar-refractivity contribution in [1.29, 1.82) is 0 Å². The van der Waals surface area contributed by atoms with Gasteiger partial charge in [-0.15, -0.1) is 0 Å². The van der Waals surface area contributed by atoms with Crippen LogP contribution < -0.4 is 15.4 Å². The zero-order valence-electron chi connectivity index (χ0n) is 21.0. The van der Waals surface area contributed by atoms with Crippen LogP contribution in [-0.4, -0.2) is 35.3 Å². The lowest BCUT2D eigenvalue weighted by atomic mass is 10.1. The summed E-state index contributed by atoms with van der Waals surface area (Å²) in [5.41, 5.74) is 1.11. The normalized spacial score (nSPS) is 12.2. The number of hydrogen-bond acceptors (Lipinski definition) is 5. The van der Waals surface area contributed by atoms with Gasteiger partial charge >= 0.3 is 12.1 Å². The molecule has 1 aromatic heterocycles. The van der Waals surface area contributed by atoms with Gasteiger partial charge < -0.3 is 20.5 Å². The third-order valence-electron chi connectivity index (χ3n) is 5.84. The standard InChI is InChI=1S/C28H31F4N3O3/c1-2-3-4-22(35-21-8-5-19(6-9-21)16-33-14-13-27(36)37)18-38-23-10-12-26(34-17-23)24-11-7-20(15-25(24)29)28(30,31)32/h5-12,15,17,22,33,35H,2-4,13-14,16,18H2,1H3,(H,36,37)/t22-/m0/s1. The lowest BCUT2D eigenvalue weighted by molar-refractivity contribution is -0.138. The molecule has 0 bridgehead atoms. The molecule has 0 saturated carbocycles. The number of pyridine rings is 1. The number of aliphatic carboxylic acids is 1. The summed E-state index contributed by atoms with van der Waals surface area (Å²) in [6, 6.07) is 13.4. The average molecular weight is 534 g/mol. The van der Waals surface area contributed by atoms with Crippen molar-refractivity contribution >= 4 is 11.7 Å². The highest BCUT2D eigenvalue weighted by Crippen LogP contribution is 2.32. The Bertz CT molecular complexity index is 1170. The smallest absolute Gasteiger partial charge is 0.416 e. The van der Waals surface area contributed by atoms with E-state index in [1.54, 1.807) is 6.07 Å².